The van der Waals surface area contributed by atoms with Crippen molar-refractivity contribution < 1.29 is 22.4 Å². The Morgan fingerprint density at radius 3 is 2.67 bits per heavy atom. The Bertz CT molecular complexity index is 233. The number of H-pyrrole nitrogens is 1. The topological polar surface area (TPSA) is 71.8 Å². The summed E-state index contributed by atoms with van der Waals surface area (Å²) in [6.45, 7) is 0. The van der Waals surface area contributed by atoms with E-state index in [9.17, 15) is 4.79 Å². The van der Waals surface area contributed by atoms with Crippen LogP contribution in [0.5, 0.6) is 0 Å². The molecule has 0 saturated heterocycles. The minimum atomic E-state index is -0.412. The first kappa shape index (κ1) is 8.42. The molecule has 0 bridgehead atoms. The minimum absolute atomic E-state index is 0. The van der Waals surface area contributed by atoms with Crippen molar-refractivity contribution in [3.63, 3.8) is 0 Å². The Hall–Kier alpha value is -0.580. The number of nitrogens with zero attached hydrogens (tertiary/aromatic N) is 1. The molecule has 0 aliphatic rings. The summed E-state index contributed by atoms with van der Waals surface area (Å²) >= 11 is 0. The molecule has 0 spiro atoms. The van der Waals surface area contributed by atoms with Crippen molar-refractivity contribution in [2.45, 2.75) is 0 Å². The summed E-state index contributed by atoms with van der Waals surface area (Å²) in [6.07, 6.45) is 1.36. The van der Waals surface area contributed by atoms with Gasteiger partial charge in [-0.2, -0.15) is 0 Å². The van der Waals surface area contributed by atoms with Crippen molar-refractivity contribution in [2.75, 3.05) is 5.73 Å². The average Bonchev–Trinajstić information content (AvgIpc) is 1.64. The Morgan fingerprint density at radius 2 is 2.33 bits per heavy atom. The first-order valence-electron chi connectivity index (χ1n) is 2.10. The fraction of sp³-hybridized carbons (Fsp3) is 0. The van der Waals surface area contributed by atoms with Gasteiger partial charge in [-0.3, -0.25) is 4.98 Å². The van der Waals surface area contributed by atoms with Crippen LogP contribution in [0.2, 0.25) is 0 Å². The van der Waals surface area contributed by atoms with Crippen molar-refractivity contribution in [3.8, 4) is 0 Å². The van der Waals surface area contributed by atoms with E-state index >= 15 is 0 Å². The molecule has 0 saturated carbocycles. The Balaban J connectivity index is 0.000000640. The molecule has 5 heteroatoms. The van der Waals surface area contributed by atoms with E-state index in [1.165, 1.54) is 12.3 Å². The number of hydrogen-bond donors (Lipinski definition) is 2. The monoisotopic (exact) mass is 218 g/mol. The van der Waals surface area contributed by atoms with Crippen LogP contribution < -0.4 is 11.4 Å². The Labute approximate surface area is 67.0 Å². The zero-order valence-electron chi connectivity index (χ0n) is 4.39. The first-order valence-corrected chi connectivity index (χ1v) is 2.10. The second-order valence-corrected chi connectivity index (χ2v) is 1.33. The number of nitrogens with two attached hydrogens (primary N) is 1. The molecule has 3 N–H and O–H groups in total. The number of rotatable bonds is 0. The Morgan fingerprint density at radius 1 is 1.67 bits per heavy atom. The SMILES string of the molecule is Nc1ccnc(=O)[nH]1.[Ag]. The summed E-state index contributed by atoms with van der Waals surface area (Å²) in [6, 6.07) is 1.52. The number of aromatic nitrogens is 2. The van der Waals surface area contributed by atoms with Gasteiger partial charge in [0.15, 0.2) is 0 Å². The van der Waals surface area contributed by atoms with E-state index in [0.717, 1.165) is 0 Å². The van der Waals surface area contributed by atoms with Gasteiger partial charge >= 0.3 is 5.69 Å². The molecule has 1 aromatic rings. The van der Waals surface area contributed by atoms with Gasteiger partial charge in [0.2, 0.25) is 0 Å². The zero-order chi connectivity index (χ0) is 5.98. The van der Waals surface area contributed by atoms with E-state index < -0.39 is 5.69 Å². The molecule has 0 aromatic carbocycles. The van der Waals surface area contributed by atoms with Crippen LogP contribution in [0.4, 0.5) is 5.82 Å². The van der Waals surface area contributed by atoms with Crippen LogP contribution in [0.25, 0.3) is 0 Å². The van der Waals surface area contributed by atoms with Crippen LogP contribution in [0.15, 0.2) is 17.1 Å². The molecule has 1 aromatic heterocycles. The zero-order valence-corrected chi connectivity index (χ0v) is 5.87. The summed E-state index contributed by atoms with van der Waals surface area (Å²) in [5.74, 6) is 0.338. The maximum absolute atomic E-state index is 10.2. The number of aromatic amines is 1. The van der Waals surface area contributed by atoms with Gasteiger partial charge in [-0.25, -0.2) is 9.78 Å². The van der Waals surface area contributed by atoms with Crippen molar-refractivity contribution >= 4 is 5.82 Å². The molecule has 1 rings (SSSR count). The molecule has 0 unspecified atom stereocenters. The van der Waals surface area contributed by atoms with Crippen LogP contribution in [0.1, 0.15) is 0 Å². The van der Waals surface area contributed by atoms with Crippen molar-refractivity contribution in [1.29, 1.82) is 0 Å². The van der Waals surface area contributed by atoms with Crippen molar-refractivity contribution in [1.82, 2.24) is 9.97 Å². The molecular formula is C4H5AgN3O. The summed E-state index contributed by atoms with van der Waals surface area (Å²) in [4.78, 5) is 15.9. The third kappa shape index (κ3) is 2.46. The molecule has 4 nitrogen and oxygen atoms in total. The molecule has 0 amide bonds. The molecular weight excluding hydrogens is 214 g/mol. The third-order valence-electron chi connectivity index (χ3n) is 0.697. The smallest absolute Gasteiger partial charge is 0.346 e. The molecule has 53 valence electrons. The summed E-state index contributed by atoms with van der Waals surface area (Å²) in [5, 5.41) is 0. The van der Waals surface area contributed by atoms with Gasteiger partial charge in [0.1, 0.15) is 5.82 Å². The van der Waals surface area contributed by atoms with Crippen LogP contribution in [0, 0.1) is 0 Å². The molecule has 9 heavy (non-hydrogen) atoms. The summed E-state index contributed by atoms with van der Waals surface area (Å²) in [7, 11) is 0. The van der Waals surface area contributed by atoms with Crippen molar-refractivity contribution in [2.24, 2.45) is 0 Å². The van der Waals surface area contributed by atoms with E-state index in [0.29, 0.717) is 5.82 Å². The average molecular weight is 219 g/mol. The van der Waals surface area contributed by atoms with Gasteiger partial charge in [0.05, 0.1) is 0 Å². The number of nitrogens with one attached hydrogen (secondary N) is 1. The van der Waals surface area contributed by atoms with E-state index in [1.54, 1.807) is 0 Å². The third-order valence-corrected chi connectivity index (χ3v) is 0.697. The fourth-order valence-electron chi connectivity index (χ4n) is 0.383. The van der Waals surface area contributed by atoms with E-state index in [4.69, 9.17) is 5.73 Å². The second kappa shape index (κ2) is 3.45. The molecule has 0 aliphatic heterocycles. The summed E-state index contributed by atoms with van der Waals surface area (Å²) in [5.41, 5.74) is 4.75. The van der Waals surface area contributed by atoms with Gasteiger partial charge < -0.3 is 5.73 Å². The minimum Gasteiger partial charge on any atom is -0.385 e. The molecule has 1 radical (unpaired) electrons. The van der Waals surface area contributed by atoms with Gasteiger partial charge in [-0.1, -0.05) is 0 Å². The number of anilines is 1. The molecule has 0 atom stereocenters. The summed E-state index contributed by atoms with van der Waals surface area (Å²) < 4.78 is 0. The molecule has 1 heterocycles. The second-order valence-electron chi connectivity index (χ2n) is 1.33. The van der Waals surface area contributed by atoms with Gasteiger partial charge in [0.25, 0.3) is 0 Å². The van der Waals surface area contributed by atoms with Crippen LogP contribution in [-0.2, 0) is 22.4 Å². The van der Waals surface area contributed by atoms with Gasteiger partial charge in [0, 0.05) is 28.6 Å². The number of hydrogen-bond acceptors (Lipinski definition) is 3. The predicted octanol–water partition coefficient (Wildman–Crippen LogP) is -0.650. The molecule has 0 fully saturated rings. The predicted molar refractivity (Wildman–Crippen MR) is 29.3 cm³/mol. The van der Waals surface area contributed by atoms with Gasteiger partial charge in [-0.15, -0.1) is 0 Å². The standard InChI is InChI=1S/C4H5N3O.Ag/c5-3-1-2-6-4(8)7-3;/h1-2H,(H3,5,6,7,8);. The normalized spacial score (nSPS) is 8.00. The fourth-order valence-corrected chi connectivity index (χ4v) is 0.383. The quantitative estimate of drug-likeness (QED) is 0.569. The van der Waals surface area contributed by atoms with E-state index in [1.807, 2.05) is 0 Å². The van der Waals surface area contributed by atoms with Gasteiger partial charge in [-0.05, 0) is 6.07 Å². The number of nitrogen functional groups attached to an aromatic ring is 1. The maximum atomic E-state index is 10.2. The van der Waals surface area contributed by atoms with E-state index in [2.05, 4.69) is 9.97 Å². The van der Waals surface area contributed by atoms with Crippen LogP contribution >= 0.6 is 0 Å². The largest absolute Gasteiger partial charge is 0.385 e. The maximum Gasteiger partial charge on any atom is 0.346 e. The van der Waals surface area contributed by atoms with Crippen LogP contribution in [-0.4, -0.2) is 9.97 Å². The first-order chi connectivity index (χ1) is 3.79. The molecule has 0 aliphatic carbocycles. The van der Waals surface area contributed by atoms with Crippen molar-refractivity contribution in [3.05, 3.63) is 22.7 Å². The Kier molecular flexibility index (Phi) is 3.22. The van der Waals surface area contributed by atoms with Crippen LogP contribution in [0.3, 0.4) is 0 Å². The van der Waals surface area contributed by atoms with E-state index in [-0.39, 0.29) is 22.4 Å².